The molecule has 6 heteroatoms. The molecule has 1 heterocycles. The molecular weight excluding hydrogens is 337 g/mol. The van der Waals surface area contributed by atoms with E-state index in [9.17, 15) is 14.3 Å². The minimum atomic E-state index is -1.14. The average molecular weight is 359 g/mol. The van der Waals surface area contributed by atoms with Crippen LogP contribution in [0.3, 0.4) is 0 Å². The Morgan fingerprint density at radius 3 is 2.85 bits per heavy atom. The van der Waals surface area contributed by atoms with Gasteiger partial charge in [0.25, 0.3) is 0 Å². The Morgan fingerprint density at radius 1 is 1.35 bits per heavy atom. The highest BCUT2D eigenvalue weighted by Gasteiger charge is 2.46. The molecule has 1 aliphatic heterocycles. The number of halogens is 1. The van der Waals surface area contributed by atoms with Crippen molar-refractivity contribution in [3.63, 3.8) is 0 Å². The number of rotatable bonds is 7. The number of hydroxylamine groups is 1. The van der Waals surface area contributed by atoms with E-state index < -0.39 is 17.2 Å². The Hall–Kier alpha value is -2.44. The van der Waals surface area contributed by atoms with Gasteiger partial charge in [0, 0.05) is 24.6 Å². The van der Waals surface area contributed by atoms with E-state index in [1.54, 1.807) is 6.92 Å². The van der Waals surface area contributed by atoms with Gasteiger partial charge in [-0.3, -0.25) is 9.63 Å². The van der Waals surface area contributed by atoms with Crippen molar-refractivity contribution in [1.82, 2.24) is 5.48 Å². The van der Waals surface area contributed by atoms with Crippen molar-refractivity contribution in [1.29, 1.82) is 0 Å². The highest BCUT2D eigenvalue weighted by atomic mass is 19.1. The van der Waals surface area contributed by atoms with E-state index in [2.05, 4.69) is 5.48 Å². The van der Waals surface area contributed by atoms with Crippen molar-refractivity contribution < 1.29 is 23.9 Å². The van der Waals surface area contributed by atoms with Crippen LogP contribution < -0.4 is 10.2 Å². The molecule has 138 valence electrons. The zero-order valence-electron chi connectivity index (χ0n) is 14.6. The lowest BCUT2D eigenvalue weighted by Crippen LogP contribution is -2.45. The molecule has 0 aromatic heterocycles. The Kier molecular flexibility index (Phi) is 5.54. The third kappa shape index (κ3) is 3.86. The quantitative estimate of drug-likeness (QED) is 0.586. The molecule has 0 fully saturated rings. The van der Waals surface area contributed by atoms with Crippen LogP contribution in [0.15, 0.2) is 48.5 Å². The van der Waals surface area contributed by atoms with E-state index in [1.165, 1.54) is 18.2 Å². The van der Waals surface area contributed by atoms with Gasteiger partial charge in [-0.05, 0) is 25.0 Å². The molecule has 2 atom stereocenters. The maximum atomic E-state index is 13.5. The van der Waals surface area contributed by atoms with Crippen molar-refractivity contribution >= 4 is 5.97 Å². The summed E-state index contributed by atoms with van der Waals surface area (Å²) >= 11 is 0. The van der Waals surface area contributed by atoms with Gasteiger partial charge in [-0.15, -0.1) is 0 Å². The van der Waals surface area contributed by atoms with Gasteiger partial charge < -0.3 is 9.84 Å². The van der Waals surface area contributed by atoms with Crippen LogP contribution in [0.1, 0.15) is 30.9 Å². The Morgan fingerprint density at radius 2 is 2.12 bits per heavy atom. The summed E-state index contributed by atoms with van der Waals surface area (Å²) in [5.74, 6) is -1.08. The predicted octanol–water partition coefficient (Wildman–Crippen LogP) is 3.43. The second-order valence-electron chi connectivity index (χ2n) is 6.58. The van der Waals surface area contributed by atoms with Gasteiger partial charge in [0.05, 0.1) is 12.7 Å². The van der Waals surface area contributed by atoms with Gasteiger partial charge in [-0.25, -0.2) is 9.87 Å². The van der Waals surface area contributed by atoms with Gasteiger partial charge in [0.2, 0.25) is 0 Å². The number of fused-ring (bicyclic) bond motifs is 1. The van der Waals surface area contributed by atoms with Gasteiger partial charge >= 0.3 is 5.97 Å². The third-order valence-corrected chi connectivity index (χ3v) is 4.67. The average Bonchev–Trinajstić information content (AvgIpc) is 2.61. The molecule has 3 rings (SSSR count). The maximum absolute atomic E-state index is 13.5. The van der Waals surface area contributed by atoms with E-state index in [0.717, 1.165) is 5.56 Å². The first-order chi connectivity index (χ1) is 12.5. The Labute approximate surface area is 151 Å². The number of nitrogens with one attached hydrogen (secondary N) is 1. The van der Waals surface area contributed by atoms with Gasteiger partial charge in [0.15, 0.2) is 0 Å². The molecule has 0 bridgehead atoms. The van der Waals surface area contributed by atoms with E-state index >= 15 is 0 Å². The van der Waals surface area contributed by atoms with Crippen LogP contribution in [0.5, 0.6) is 5.75 Å². The summed E-state index contributed by atoms with van der Waals surface area (Å²) in [5, 5.41) is 9.94. The molecule has 0 saturated carbocycles. The predicted molar refractivity (Wildman–Crippen MR) is 94.3 cm³/mol. The third-order valence-electron chi connectivity index (χ3n) is 4.67. The molecule has 0 spiro atoms. The molecule has 0 saturated heterocycles. The fourth-order valence-electron chi connectivity index (χ4n) is 3.44. The largest absolute Gasteiger partial charge is 0.490 e. The Bertz CT molecular complexity index is 768. The van der Waals surface area contributed by atoms with Crippen LogP contribution in [0.4, 0.5) is 4.39 Å². The van der Waals surface area contributed by atoms with Crippen LogP contribution in [0, 0.1) is 5.82 Å². The van der Waals surface area contributed by atoms with Crippen LogP contribution in [0.25, 0.3) is 0 Å². The molecule has 0 unspecified atom stereocenters. The number of ether oxygens (including phenoxy) is 1. The summed E-state index contributed by atoms with van der Waals surface area (Å²) in [6.07, 6.45) is 0.316. The summed E-state index contributed by atoms with van der Waals surface area (Å²) in [4.78, 5) is 17.6. The monoisotopic (exact) mass is 359 g/mol. The molecule has 2 N–H and O–H groups in total. The number of benzene rings is 2. The molecule has 0 radical (unpaired) electrons. The van der Waals surface area contributed by atoms with Crippen molar-refractivity contribution in [2.75, 3.05) is 6.54 Å². The van der Waals surface area contributed by atoms with Gasteiger partial charge in [0.1, 0.15) is 17.0 Å². The zero-order chi connectivity index (χ0) is 18.6. The van der Waals surface area contributed by atoms with Crippen LogP contribution in [-0.4, -0.2) is 23.7 Å². The molecule has 2 aromatic rings. The van der Waals surface area contributed by atoms with Crippen molar-refractivity contribution in [2.45, 2.75) is 37.9 Å². The minimum absolute atomic E-state index is 0.302. The first-order valence-electron chi connectivity index (χ1n) is 8.60. The minimum Gasteiger partial charge on any atom is -0.490 e. The number of carbonyl (C=O) groups is 1. The van der Waals surface area contributed by atoms with E-state index in [1.807, 2.05) is 30.3 Å². The van der Waals surface area contributed by atoms with Crippen LogP contribution in [-0.2, 0) is 21.7 Å². The fraction of sp³-hybridized carbons (Fsp3) is 0.350. The number of aliphatic carboxylic acids is 1. The highest BCUT2D eigenvalue weighted by Crippen LogP contribution is 2.43. The van der Waals surface area contributed by atoms with Crippen molar-refractivity contribution in [2.24, 2.45) is 0 Å². The molecular formula is C20H22FNO4. The molecule has 2 aromatic carbocycles. The molecule has 26 heavy (non-hydrogen) atoms. The smallest absolute Gasteiger partial charge is 0.314 e. The second kappa shape index (κ2) is 7.85. The molecule has 5 nitrogen and oxygen atoms in total. The van der Waals surface area contributed by atoms with E-state index in [0.29, 0.717) is 37.3 Å². The van der Waals surface area contributed by atoms with Gasteiger partial charge in [-0.1, -0.05) is 36.4 Å². The molecule has 0 amide bonds. The number of carboxylic acids is 1. The summed E-state index contributed by atoms with van der Waals surface area (Å²) in [7, 11) is 0. The summed E-state index contributed by atoms with van der Waals surface area (Å²) in [6, 6.07) is 13.7. The standard InChI is InChI=1S/C20H22FNO4/c1-14-12-20(19(23)24,17-8-7-16(21)11-18(17)26-14)9-10-22-25-13-15-5-3-2-4-6-15/h2-8,11,14,22H,9-10,12-13H2,1H3,(H,23,24)/t14-,20-/m1/s1. The van der Waals surface area contributed by atoms with Crippen LogP contribution in [0.2, 0.25) is 0 Å². The Balaban J connectivity index is 1.68. The summed E-state index contributed by atoms with van der Waals surface area (Å²) in [5.41, 5.74) is 3.23. The van der Waals surface area contributed by atoms with E-state index in [4.69, 9.17) is 9.57 Å². The summed E-state index contributed by atoms with van der Waals surface area (Å²) in [6.45, 7) is 2.54. The second-order valence-corrected chi connectivity index (χ2v) is 6.58. The lowest BCUT2D eigenvalue weighted by atomic mass is 9.71. The molecule has 1 aliphatic rings. The SMILES string of the molecule is C[C@@H]1C[C@@](CCNOCc2ccccc2)(C(=O)O)c2ccc(F)cc2O1. The van der Waals surface area contributed by atoms with Crippen molar-refractivity contribution in [3.05, 3.63) is 65.5 Å². The topological polar surface area (TPSA) is 67.8 Å². The highest BCUT2D eigenvalue weighted by molar-refractivity contribution is 5.83. The van der Waals surface area contributed by atoms with Gasteiger partial charge in [-0.2, -0.15) is 0 Å². The molecule has 0 aliphatic carbocycles. The lowest BCUT2D eigenvalue weighted by molar-refractivity contribution is -0.146. The number of carboxylic acid groups (broad SMARTS) is 1. The van der Waals surface area contributed by atoms with Crippen LogP contribution >= 0.6 is 0 Å². The first-order valence-corrected chi connectivity index (χ1v) is 8.60. The lowest BCUT2D eigenvalue weighted by Gasteiger charge is -2.38. The zero-order valence-corrected chi connectivity index (χ0v) is 14.6. The fourth-order valence-corrected chi connectivity index (χ4v) is 3.44. The normalized spacial score (nSPS) is 21.7. The summed E-state index contributed by atoms with van der Waals surface area (Å²) < 4.78 is 19.2. The van der Waals surface area contributed by atoms with Crippen molar-refractivity contribution in [3.8, 4) is 5.75 Å². The first kappa shape index (κ1) is 18.4. The number of hydrogen-bond donors (Lipinski definition) is 2. The number of hydrogen-bond acceptors (Lipinski definition) is 4. The van der Waals surface area contributed by atoms with E-state index in [-0.39, 0.29) is 6.10 Å². The maximum Gasteiger partial charge on any atom is 0.314 e.